The molecule has 142 valence electrons. The number of piperazine rings is 1. The van der Waals surface area contributed by atoms with E-state index in [-0.39, 0.29) is 12.3 Å². The molecule has 1 aromatic carbocycles. The summed E-state index contributed by atoms with van der Waals surface area (Å²) in [5, 5.41) is 9.31. The van der Waals surface area contributed by atoms with E-state index < -0.39 is 12.0 Å². The smallest absolute Gasteiger partial charge is 0.305 e. The van der Waals surface area contributed by atoms with Crippen LogP contribution in [-0.4, -0.2) is 58.5 Å². The molecular weight excluding hydrogens is 328 g/mol. The maximum Gasteiger partial charge on any atom is 0.305 e. The molecule has 0 spiro atoms. The Balaban J connectivity index is 1.59. The van der Waals surface area contributed by atoms with Crippen molar-refractivity contribution in [1.82, 2.24) is 9.80 Å². The normalized spacial score (nSPS) is 22.5. The molecule has 5 nitrogen and oxygen atoms in total. The van der Waals surface area contributed by atoms with Crippen LogP contribution in [0.3, 0.4) is 0 Å². The number of carbonyl (C=O) groups excluding carboxylic acids is 1. The molecule has 1 aliphatic heterocycles. The van der Waals surface area contributed by atoms with Crippen molar-refractivity contribution >= 4 is 11.9 Å². The first-order valence-corrected chi connectivity index (χ1v) is 9.95. The van der Waals surface area contributed by atoms with Crippen molar-refractivity contribution in [1.29, 1.82) is 0 Å². The van der Waals surface area contributed by atoms with E-state index in [0.29, 0.717) is 12.6 Å². The summed E-state index contributed by atoms with van der Waals surface area (Å²) in [4.78, 5) is 28.4. The van der Waals surface area contributed by atoms with Gasteiger partial charge in [0.05, 0.1) is 6.42 Å². The average Bonchev–Trinajstić information content (AvgIpc) is 2.66. The third kappa shape index (κ3) is 4.85. The molecule has 1 unspecified atom stereocenters. The number of carboxylic acid groups (broad SMARTS) is 1. The van der Waals surface area contributed by atoms with Crippen molar-refractivity contribution in [3.05, 3.63) is 35.9 Å². The van der Waals surface area contributed by atoms with Gasteiger partial charge in [0.25, 0.3) is 0 Å². The fourth-order valence-corrected chi connectivity index (χ4v) is 4.42. The van der Waals surface area contributed by atoms with Crippen molar-refractivity contribution in [2.75, 3.05) is 19.6 Å². The van der Waals surface area contributed by atoms with E-state index in [1.54, 1.807) is 0 Å². The zero-order valence-electron chi connectivity index (χ0n) is 15.5. The highest BCUT2D eigenvalue weighted by molar-refractivity contribution is 5.87. The Kier molecular flexibility index (Phi) is 6.67. The molecule has 3 rings (SSSR count). The van der Waals surface area contributed by atoms with Crippen LogP contribution in [0.2, 0.25) is 0 Å². The summed E-state index contributed by atoms with van der Waals surface area (Å²) in [5.74, 6) is -0.868. The zero-order chi connectivity index (χ0) is 18.4. The van der Waals surface area contributed by atoms with E-state index in [1.165, 1.54) is 24.8 Å². The maximum atomic E-state index is 13.0. The predicted molar refractivity (Wildman–Crippen MR) is 101 cm³/mol. The number of amides is 1. The Morgan fingerprint density at radius 1 is 1.08 bits per heavy atom. The number of benzene rings is 1. The van der Waals surface area contributed by atoms with Gasteiger partial charge >= 0.3 is 5.97 Å². The second-order valence-corrected chi connectivity index (χ2v) is 7.56. The number of aliphatic carboxylic acids is 1. The lowest BCUT2D eigenvalue weighted by molar-refractivity contribution is -0.151. The third-order valence-corrected chi connectivity index (χ3v) is 5.77. The van der Waals surface area contributed by atoms with Crippen LogP contribution in [0.1, 0.15) is 50.5 Å². The number of hydrogen-bond acceptors (Lipinski definition) is 3. The van der Waals surface area contributed by atoms with Crippen LogP contribution < -0.4 is 0 Å². The lowest BCUT2D eigenvalue weighted by Crippen LogP contribution is -2.60. The molecule has 1 saturated carbocycles. The first kappa shape index (κ1) is 18.9. The van der Waals surface area contributed by atoms with Gasteiger partial charge in [-0.3, -0.25) is 14.5 Å². The SMILES string of the molecule is O=C(O)CC1C(=O)N(CCCc2ccccc2)CCN1C1CCCCC1. The molecule has 2 fully saturated rings. The minimum atomic E-state index is -0.879. The second-order valence-electron chi connectivity index (χ2n) is 7.56. The first-order valence-electron chi connectivity index (χ1n) is 9.95. The van der Waals surface area contributed by atoms with Gasteiger partial charge in [-0.1, -0.05) is 49.6 Å². The fraction of sp³-hybridized carbons (Fsp3) is 0.619. The number of rotatable bonds is 7. The van der Waals surface area contributed by atoms with Gasteiger partial charge in [-0.2, -0.15) is 0 Å². The van der Waals surface area contributed by atoms with Gasteiger partial charge in [0.15, 0.2) is 0 Å². The van der Waals surface area contributed by atoms with Gasteiger partial charge in [-0.25, -0.2) is 0 Å². The molecule has 26 heavy (non-hydrogen) atoms. The molecule has 1 atom stereocenters. The molecule has 1 N–H and O–H groups in total. The number of carboxylic acids is 1. The van der Waals surface area contributed by atoms with Crippen LogP contribution in [0.25, 0.3) is 0 Å². The summed E-state index contributed by atoms with van der Waals surface area (Å²) in [6.45, 7) is 2.24. The lowest BCUT2D eigenvalue weighted by atomic mass is 9.91. The van der Waals surface area contributed by atoms with Crippen molar-refractivity contribution in [2.45, 2.75) is 63.5 Å². The van der Waals surface area contributed by atoms with Crippen molar-refractivity contribution in [3.8, 4) is 0 Å². The standard InChI is InChI=1S/C21H30N2O3/c24-20(25)16-19-21(26)22(13-7-10-17-8-3-1-4-9-17)14-15-23(19)18-11-5-2-6-12-18/h1,3-4,8-9,18-19H,2,5-7,10-16H2,(H,24,25). The monoisotopic (exact) mass is 358 g/mol. The lowest BCUT2D eigenvalue weighted by Gasteiger charge is -2.45. The van der Waals surface area contributed by atoms with Crippen LogP contribution in [0.4, 0.5) is 0 Å². The minimum absolute atomic E-state index is 0.0114. The van der Waals surface area contributed by atoms with Gasteiger partial charge in [-0.05, 0) is 31.2 Å². The van der Waals surface area contributed by atoms with Crippen LogP contribution in [-0.2, 0) is 16.0 Å². The number of aryl methyl sites for hydroxylation is 1. The Labute approximate surface area is 156 Å². The van der Waals surface area contributed by atoms with Gasteiger partial charge < -0.3 is 10.0 Å². The van der Waals surface area contributed by atoms with Crippen LogP contribution in [0.15, 0.2) is 30.3 Å². The summed E-state index contributed by atoms with van der Waals surface area (Å²) in [7, 11) is 0. The summed E-state index contributed by atoms with van der Waals surface area (Å²) < 4.78 is 0. The molecule has 1 saturated heterocycles. The van der Waals surface area contributed by atoms with E-state index in [9.17, 15) is 14.7 Å². The maximum absolute atomic E-state index is 13.0. The van der Waals surface area contributed by atoms with Gasteiger partial charge in [0.1, 0.15) is 6.04 Å². The van der Waals surface area contributed by atoms with E-state index in [4.69, 9.17) is 0 Å². The molecule has 0 radical (unpaired) electrons. The van der Waals surface area contributed by atoms with Gasteiger partial charge in [0.2, 0.25) is 5.91 Å². The molecule has 1 amide bonds. The zero-order valence-corrected chi connectivity index (χ0v) is 15.5. The van der Waals surface area contributed by atoms with Crippen molar-refractivity contribution in [3.63, 3.8) is 0 Å². The van der Waals surface area contributed by atoms with Crippen LogP contribution in [0.5, 0.6) is 0 Å². The molecule has 2 aliphatic rings. The molecule has 0 aromatic heterocycles. The fourth-order valence-electron chi connectivity index (χ4n) is 4.42. The largest absolute Gasteiger partial charge is 0.481 e. The first-order chi connectivity index (χ1) is 12.6. The molecule has 1 heterocycles. The third-order valence-electron chi connectivity index (χ3n) is 5.77. The highest BCUT2D eigenvalue weighted by Crippen LogP contribution is 2.27. The Morgan fingerprint density at radius 3 is 2.50 bits per heavy atom. The van der Waals surface area contributed by atoms with Crippen molar-refractivity contribution < 1.29 is 14.7 Å². The molecule has 1 aromatic rings. The summed E-state index contributed by atoms with van der Waals surface area (Å²) in [6, 6.07) is 10.2. The van der Waals surface area contributed by atoms with E-state index in [2.05, 4.69) is 17.0 Å². The minimum Gasteiger partial charge on any atom is -0.481 e. The molecule has 1 aliphatic carbocycles. The van der Waals surface area contributed by atoms with E-state index >= 15 is 0 Å². The highest BCUT2D eigenvalue weighted by Gasteiger charge is 2.39. The quantitative estimate of drug-likeness (QED) is 0.814. The molecule has 5 heteroatoms. The van der Waals surface area contributed by atoms with Crippen LogP contribution >= 0.6 is 0 Å². The number of hydrogen-bond donors (Lipinski definition) is 1. The van der Waals surface area contributed by atoms with E-state index in [1.807, 2.05) is 23.1 Å². The Hall–Kier alpha value is -1.88. The molecular formula is C21H30N2O3. The van der Waals surface area contributed by atoms with Gasteiger partial charge in [-0.15, -0.1) is 0 Å². The number of nitrogens with zero attached hydrogens (tertiary/aromatic N) is 2. The van der Waals surface area contributed by atoms with Gasteiger partial charge in [0, 0.05) is 25.7 Å². The second kappa shape index (κ2) is 9.17. The molecule has 0 bridgehead atoms. The Bertz CT molecular complexity index is 599. The number of carbonyl (C=O) groups is 2. The summed E-state index contributed by atoms with van der Waals surface area (Å²) >= 11 is 0. The highest BCUT2D eigenvalue weighted by atomic mass is 16.4. The Morgan fingerprint density at radius 2 is 1.81 bits per heavy atom. The van der Waals surface area contributed by atoms with Crippen molar-refractivity contribution in [2.24, 2.45) is 0 Å². The summed E-state index contributed by atoms with van der Waals surface area (Å²) in [5.41, 5.74) is 1.28. The predicted octanol–water partition coefficient (Wildman–Crippen LogP) is 2.94. The summed E-state index contributed by atoms with van der Waals surface area (Å²) in [6.07, 6.45) is 7.61. The van der Waals surface area contributed by atoms with Crippen LogP contribution in [0, 0.1) is 0 Å². The average molecular weight is 358 g/mol. The van der Waals surface area contributed by atoms with E-state index in [0.717, 1.165) is 38.8 Å². The topological polar surface area (TPSA) is 60.9 Å².